The number of thioether (sulfide) groups is 1. The molecule has 1 amide bonds. The van der Waals surface area contributed by atoms with Crippen molar-refractivity contribution in [3.05, 3.63) is 118 Å². The lowest BCUT2D eigenvalue weighted by molar-refractivity contribution is -0.132. The first-order valence-electron chi connectivity index (χ1n) is 14.9. The molecular formula is C36H31N3O4S2. The Labute approximate surface area is 269 Å². The molecule has 3 heterocycles. The average Bonchev–Trinajstić information content (AvgIpc) is 3.74. The molecule has 9 heteroatoms. The Kier molecular flexibility index (Phi) is 7.67. The minimum atomic E-state index is -0.862. The zero-order chi connectivity index (χ0) is 31.2. The number of nitrogens with zero attached hydrogens (tertiary/aromatic N) is 3. The predicted octanol–water partition coefficient (Wildman–Crippen LogP) is 8.06. The molecule has 7 nitrogen and oxygen atoms in total. The van der Waals surface area contributed by atoms with Crippen molar-refractivity contribution in [3.8, 4) is 5.75 Å². The first-order valence-corrected chi connectivity index (χ1v) is 16.7. The van der Waals surface area contributed by atoms with Crippen molar-refractivity contribution in [2.75, 3.05) is 4.90 Å². The van der Waals surface area contributed by atoms with Crippen LogP contribution in [0.1, 0.15) is 60.5 Å². The highest BCUT2D eigenvalue weighted by Crippen LogP contribution is 2.45. The molecule has 2 atom stereocenters. The second-order valence-electron chi connectivity index (χ2n) is 11.7. The fourth-order valence-corrected chi connectivity index (χ4v) is 7.92. The van der Waals surface area contributed by atoms with Crippen molar-refractivity contribution in [3.63, 3.8) is 0 Å². The van der Waals surface area contributed by atoms with Crippen LogP contribution in [0.4, 0.5) is 5.13 Å². The minimum Gasteiger partial charge on any atom is -0.507 e. The van der Waals surface area contributed by atoms with E-state index in [9.17, 15) is 14.7 Å². The number of rotatable bonds is 7. The standard InChI is InChI=1S/C36H31N3O4S2/c1-20(2)22-11-13-24(14-12-22)31-30(32(40)25-15-16-29-27(18-25)17-21(3)43-29)33(41)34(42)39(31)35-37-38-36(45-35)44-19-26-9-6-8-23-7-4-5-10-28(23)26/h4-16,18,20-21,31,40H,17,19H2,1-3H3. The number of carbonyl (C=O) groups excluding carboxylic acids is 2. The number of aliphatic hydroxyl groups excluding tert-OH is 1. The molecule has 0 saturated carbocycles. The van der Waals surface area contributed by atoms with E-state index in [1.54, 1.807) is 12.1 Å². The van der Waals surface area contributed by atoms with Gasteiger partial charge in [-0.05, 0) is 64.1 Å². The molecule has 1 saturated heterocycles. The molecular weight excluding hydrogens is 603 g/mol. The monoisotopic (exact) mass is 633 g/mol. The number of Topliss-reactive ketones (excluding diaryl/α,β-unsaturated/α-hetero) is 1. The van der Waals surface area contributed by atoms with Crippen LogP contribution in [0.15, 0.2) is 94.8 Å². The minimum absolute atomic E-state index is 0.0318. The van der Waals surface area contributed by atoms with E-state index in [0.717, 1.165) is 16.9 Å². The number of hydrogen-bond acceptors (Lipinski definition) is 8. The topological polar surface area (TPSA) is 92.6 Å². The molecule has 0 radical (unpaired) electrons. The molecule has 0 aliphatic carbocycles. The van der Waals surface area contributed by atoms with Gasteiger partial charge in [-0.25, -0.2) is 0 Å². The SMILES string of the molecule is CC1Cc2cc(C(O)=C3C(=O)C(=O)N(c4nnc(SCc5cccc6ccccc56)s4)C3c3ccc(C(C)C)cc3)ccc2O1. The maximum Gasteiger partial charge on any atom is 0.301 e. The summed E-state index contributed by atoms with van der Waals surface area (Å²) in [6.07, 6.45) is 0.738. The van der Waals surface area contributed by atoms with Crippen molar-refractivity contribution in [1.82, 2.24) is 10.2 Å². The number of carbonyl (C=O) groups is 2. The Morgan fingerprint density at radius 3 is 2.60 bits per heavy atom. The zero-order valence-electron chi connectivity index (χ0n) is 25.1. The Bertz CT molecular complexity index is 1980. The van der Waals surface area contributed by atoms with Crippen LogP contribution < -0.4 is 9.64 Å². The molecule has 2 aliphatic rings. The molecule has 1 fully saturated rings. The summed E-state index contributed by atoms with van der Waals surface area (Å²) in [7, 11) is 0. The lowest BCUT2D eigenvalue weighted by Gasteiger charge is -2.23. The first-order chi connectivity index (χ1) is 21.8. The molecule has 226 valence electrons. The van der Waals surface area contributed by atoms with Gasteiger partial charge >= 0.3 is 5.91 Å². The van der Waals surface area contributed by atoms with Gasteiger partial charge in [-0.15, -0.1) is 10.2 Å². The van der Waals surface area contributed by atoms with Gasteiger partial charge in [-0.1, -0.05) is 104 Å². The van der Waals surface area contributed by atoms with E-state index in [1.165, 1.54) is 44.3 Å². The lowest BCUT2D eigenvalue weighted by Crippen LogP contribution is -2.29. The van der Waals surface area contributed by atoms with E-state index < -0.39 is 17.7 Å². The number of ketones is 1. The van der Waals surface area contributed by atoms with E-state index >= 15 is 0 Å². The number of ether oxygens (including phenoxy) is 1. The second-order valence-corrected chi connectivity index (χ2v) is 13.9. The van der Waals surface area contributed by atoms with Gasteiger partial charge < -0.3 is 9.84 Å². The third-order valence-corrected chi connectivity index (χ3v) is 10.5. The molecule has 0 bridgehead atoms. The lowest BCUT2D eigenvalue weighted by atomic mass is 9.93. The van der Waals surface area contributed by atoms with Gasteiger partial charge in [0.2, 0.25) is 5.13 Å². The third kappa shape index (κ3) is 5.40. The van der Waals surface area contributed by atoms with Crippen LogP contribution in [-0.4, -0.2) is 33.1 Å². The van der Waals surface area contributed by atoms with E-state index in [0.29, 0.717) is 38.7 Å². The predicted molar refractivity (Wildman–Crippen MR) is 179 cm³/mol. The third-order valence-electron chi connectivity index (χ3n) is 8.37. The second kappa shape index (κ2) is 11.8. The summed E-state index contributed by atoms with van der Waals surface area (Å²) >= 11 is 2.80. The van der Waals surface area contributed by atoms with Crippen LogP contribution >= 0.6 is 23.1 Å². The number of benzene rings is 4. The van der Waals surface area contributed by atoms with E-state index in [4.69, 9.17) is 4.74 Å². The molecule has 2 aliphatic heterocycles. The van der Waals surface area contributed by atoms with Crippen molar-refractivity contribution in [2.45, 2.75) is 55.3 Å². The van der Waals surface area contributed by atoms with Gasteiger partial charge in [0, 0.05) is 17.7 Å². The highest BCUT2D eigenvalue weighted by molar-refractivity contribution is 8.00. The molecule has 2 unspecified atom stereocenters. The maximum atomic E-state index is 13.7. The summed E-state index contributed by atoms with van der Waals surface area (Å²) in [5.41, 5.74) is 4.47. The smallest absolute Gasteiger partial charge is 0.301 e. The molecule has 45 heavy (non-hydrogen) atoms. The fraction of sp³-hybridized carbons (Fsp3) is 0.222. The zero-order valence-corrected chi connectivity index (χ0v) is 26.7. The Morgan fingerprint density at radius 1 is 1.02 bits per heavy atom. The van der Waals surface area contributed by atoms with Gasteiger partial charge in [-0.3, -0.25) is 14.5 Å². The largest absolute Gasteiger partial charge is 0.507 e. The number of aliphatic hydroxyl groups is 1. The van der Waals surface area contributed by atoms with E-state index in [1.807, 2.05) is 55.5 Å². The number of hydrogen-bond donors (Lipinski definition) is 1. The van der Waals surface area contributed by atoms with Crippen molar-refractivity contribution in [1.29, 1.82) is 0 Å². The summed E-state index contributed by atoms with van der Waals surface area (Å²) in [6, 6.07) is 26.8. The van der Waals surface area contributed by atoms with Crippen LogP contribution in [0.5, 0.6) is 5.75 Å². The van der Waals surface area contributed by atoms with E-state index in [2.05, 4.69) is 48.3 Å². The molecule has 1 aromatic heterocycles. The fourth-order valence-electron chi connectivity index (χ4n) is 6.05. The van der Waals surface area contributed by atoms with Gasteiger partial charge in [0.1, 0.15) is 17.6 Å². The number of amides is 1. The van der Waals surface area contributed by atoms with Gasteiger partial charge in [-0.2, -0.15) is 0 Å². The van der Waals surface area contributed by atoms with Gasteiger partial charge in [0.15, 0.2) is 4.34 Å². The van der Waals surface area contributed by atoms with Gasteiger partial charge in [0.05, 0.1) is 11.6 Å². The molecule has 5 aromatic rings. The van der Waals surface area contributed by atoms with Crippen LogP contribution in [0.2, 0.25) is 0 Å². The quantitative estimate of drug-likeness (QED) is 0.0637. The summed E-state index contributed by atoms with van der Waals surface area (Å²) in [5.74, 6) is 0.0418. The molecule has 1 N–H and O–H groups in total. The Morgan fingerprint density at radius 2 is 1.80 bits per heavy atom. The van der Waals surface area contributed by atoms with Crippen LogP contribution in [0.3, 0.4) is 0 Å². The summed E-state index contributed by atoms with van der Waals surface area (Å²) in [6.45, 7) is 6.21. The van der Waals surface area contributed by atoms with Crippen molar-refractivity contribution >= 4 is 56.5 Å². The summed E-state index contributed by atoms with van der Waals surface area (Å²) in [4.78, 5) is 28.8. The summed E-state index contributed by atoms with van der Waals surface area (Å²) in [5, 5.41) is 23.1. The van der Waals surface area contributed by atoms with Crippen molar-refractivity contribution < 1.29 is 19.4 Å². The first kappa shape index (κ1) is 29.3. The van der Waals surface area contributed by atoms with E-state index in [-0.39, 0.29) is 17.4 Å². The van der Waals surface area contributed by atoms with Crippen LogP contribution in [0.25, 0.3) is 16.5 Å². The highest BCUT2D eigenvalue weighted by Gasteiger charge is 2.48. The van der Waals surface area contributed by atoms with Crippen LogP contribution in [0, 0.1) is 0 Å². The number of anilines is 1. The maximum absolute atomic E-state index is 13.7. The van der Waals surface area contributed by atoms with Crippen molar-refractivity contribution in [2.24, 2.45) is 0 Å². The number of fused-ring (bicyclic) bond motifs is 2. The Hall–Kier alpha value is -4.47. The molecule has 4 aromatic carbocycles. The summed E-state index contributed by atoms with van der Waals surface area (Å²) < 4.78 is 6.51. The average molecular weight is 634 g/mol. The van der Waals surface area contributed by atoms with Gasteiger partial charge in [0.25, 0.3) is 5.78 Å². The van der Waals surface area contributed by atoms with Crippen LogP contribution in [-0.2, 0) is 21.8 Å². The molecule has 0 spiro atoms. The Balaban J connectivity index is 1.26. The number of aromatic nitrogens is 2. The molecule has 7 rings (SSSR count). The highest BCUT2D eigenvalue weighted by atomic mass is 32.2. The normalized spacial score (nSPS) is 19.0.